The van der Waals surface area contributed by atoms with Crippen molar-refractivity contribution in [2.24, 2.45) is 12.0 Å². The van der Waals surface area contributed by atoms with Gasteiger partial charge in [0, 0.05) is 31.1 Å². The summed E-state index contributed by atoms with van der Waals surface area (Å²) in [5, 5.41) is 10.8. The predicted molar refractivity (Wildman–Crippen MR) is 140 cm³/mol. The molecule has 35 heavy (non-hydrogen) atoms. The number of pyridine rings is 1. The zero-order chi connectivity index (χ0) is 24.5. The van der Waals surface area contributed by atoms with Crippen LogP contribution in [0.15, 0.2) is 52.2 Å². The highest BCUT2D eigenvalue weighted by molar-refractivity contribution is 6.03. The van der Waals surface area contributed by atoms with Crippen LogP contribution in [0.5, 0.6) is 0 Å². The van der Waals surface area contributed by atoms with Crippen LogP contribution in [0.2, 0.25) is 0 Å². The van der Waals surface area contributed by atoms with Gasteiger partial charge in [0.1, 0.15) is 0 Å². The van der Waals surface area contributed by atoms with Crippen molar-refractivity contribution in [2.75, 3.05) is 26.2 Å². The van der Waals surface area contributed by atoms with Gasteiger partial charge in [-0.2, -0.15) is 0 Å². The Hall–Kier alpha value is -3.23. The Morgan fingerprint density at radius 1 is 1.31 bits per heavy atom. The number of benzene rings is 1. The van der Waals surface area contributed by atoms with Crippen LogP contribution >= 0.6 is 0 Å². The lowest BCUT2D eigenvalue weighted by atomic mass is 9.89. The van der Waals surface area contributed by atoms with E-state index in [1.54, 1.807) is 17.8 Å². The molecule has 8 heteroatoms. The monoisotopic (exact) mass is 475 g/mol. The number of likely N-dealkylation sites (tertiary alicyclic amines) is 1. The summed E-state index contributed by atoms with van der Waals surface area (Å²) >= 11 is 0. The van der Waals surface area contributed by atoms with E-state index in [9.17, 15) is 9.90 Å². The third-order valence-electron chi connectivity index (χ3n) is 7.27. The topological polar surface area (TPSA) is 84.9 Å². The van der Waals surface area contributed by atoms with Gasteiger partial charge in [-0.25, -0.2) is 9.79 Å². The van der Waals surface area contributed by atoms with Crippen LogP contribution in [-0.2, 0) is 11.8 Å². The van der Waals surface area contributed by atoms with Crippen molar-refractivity contribution >= 4 is 34.2 Å². The predicted octanol–water partition coefficient (Wildman–Crippen LogP) is 3.64. The zero-order valence-corrected chi connectivity index (χ0v) is 20.5. The molecule has 0 amide bonds. The number of fused-ring (bicyclic) bond motifs is 3. The molecular formula is C27H33N5O3. The number of ether oxygens (including phenoxy) is 1. The normalized spacial score (nSPS) is 21.2. The Kier molecular flexibility index (Phi) is 6.58. The van der Waals surface area contributed by atoms with Crippen LogP contribution in [0.3, 0.4) is 0 Å². The van der Waals surface area contributed by atoms with Crippen LogP contribution in [0.4, 0.5) is 0 Å². The summed E-state index contributed by atoms with van der Waals surface area (Å²) in [7, 11) is 1.77. The molecule has 3 heterocycles. The fraction of sp³-hybridized carbons (Fsp3) is 0.444. The van der Waals surface area contributed by atoms with E-state index in [1.165, 1.54) is 19.5 Å². The molecule has 2 aliphatic rings. The average Bonchev–Trinajstić information content (AvgIpc) is 3.07. The van der Waals surface area contributed by atoms with E-state index in [0.29, 0.717) is 25.3 Å². The lowest BCUT2D eigenvalue weighted by molar-refractivity contribution is 0.0487. The van der Waals surface area contributed by atoms with Gasteiger partial charge in [-0.05, 0) is 75.7 Å². The second-order valence-corrected chi connectivity index (χ2v) is 9.62. The minimum Gasteiger partial charge on any atom is -0.478 e. The number of aliphatic hydroxyl groups excluding tert-OH is 1. The second kappa shape index (κ2) is 9.79. The van der Waals surface area contributed by atoms with E-state index in [4.69, 9.17) is 4.74 Å². The molecule has 8 nitrogen and oxygen atoms in total. The van der Waals surface area contributed by atoms with Crippen molar-refractivity contribution < 1.29 is 9.84 Å². The van der Waals surface area contributed by atoms with Crippen LogP contribution in [-0.4, -0.2) is 63.2 Å². The van der Waals surface area contributed by atoms with E-state index in [1.807, 2.05) is 35.8 Å². The molecule has 1 saturated heterocycles. The maximum absolute atomic E-state index is 13.0. The van der Waals surface area contributed by atoms with Gasteiger partial charge in [-0.1, -0.05) is 12.1 Å². The minimum atomic E-state index is -0.339. The molecule has 1 saturated carbocycles. The van der Waals surface area contributed by atoms with Crippen molar-refractivity contribution in [3.8, 4) is 0 Å². The van der Waals surface area contributed by atoms with Gasteiger partial charge < -0.3 is 14.7 Å². The molecule has 0 unspecified atom stereocenters. The zero-order valence-electron chi connectivity index (χ0n) is 20.5. The van der Waals surface area contributed by atoms with Gasteiger partial charge >= 0.3 is 5.69 Å². The largest absolute Gasteiger partial charge is 0.478 e. The van der Waals surface area contributed by atoms with Gasteiger partial charge in [0.05, 0.1) is 35.5 Å². The molecule has 0 bridgehead atoms. The average molecular weight is 476 g/mol. The first-order valence-corrected chi connectivity index (χ1v) is 12.3. The standard InChI is InChI=1S/C27H33N5O3/c1-18(6-9-25(28-2)35-13-5-12-31-10-4-11-31)19-7-8-23-22(14-19)26-24(17-29-23)30(3)27(34)32(26)20-15-21(33)16-20/h6-9,14,17,20-21,33H,2,4-5,10-13,15-16H2,1,3H3/b18-6+,25-9+. The minimum absolute atomic E-state index is 0.00879. The molecule has 184 valence electrons. The Morgan fingerprint density at radius 3 is 2.80 bits per heavy atom. The summed E-state index contributed by atoms with van der Waals surface area (Å²) < 4.78 is 9.28. The molecule has 1 aromatic carbocycles. The van der Waals surface area contributed by atoms with Crippen molar-refractivity contribution in [3.05, 3.63) is 58.5 Å². The number of allylic oxidation sites excluding steroid dienone is 3. The summed E-state index contributed by atoms with van der Waals surface area (Å²) in [5.41, 5.74) is 4.51. The first kappa shape index (κ1) is 23.5. The van der Waals surface area contributed by atoms with E-state index < -0.39 is 0 Å². The quantitative estimate of drug-likeness (QED) is 0.221. The number of aliphatic imine (C=N–C) groups is 1. The molecule has 2 aromatic heterocycles. The van der Waals surface area contributed by atoms with Crippen molar-refractivity contribution in [1.29, 1.82) is 0 Å². The fourth-order valence-electron chi connectivity index (χ4n) is 4.89. The number of hydrogen-bond acceptors (Lipinski definition) is 6. The van der Waals surface area contributed by atoms with E-state index in [0.717, 1.165) is 46.0 Å². The Labute approximate surface area is 204 Å². The second-order valence-electron chi connectivity index (χ2n) is 9.62. The Morgan fingerprint density at radius 2 is 2.11 bits per heavy atom. The number of aryl methyl sites for hydroxylation is 1. The molecule has 5 rings (SSSR count). The first-order chi connectivity index (χ1) is 17.0. The molecule has 1 aliphatic heterocycles. The fourth-order valence-corrected chi connectivity index (χ4v) is 4.89. The van der Waals surface area contributed by atoms with Gasteiger partial charge in [-0.3, -0.25) is 14.1 Å². The van der Waals surface area contributed by atoms with Crippen molar-refractivity contribution in [2.45, 2.75) is 44.8 Å². The maximum Gasteiger partial charge on any atom is 0.329 e. The van der Waals surface area contributed by atoms with Crippen LogP contribution in [0.1, 0.15) is 44.2 Å². The molecule has 2 fully saturated rings. The van der Waals surface area contributed by atoms with E-state index >= 15 is 0 Å². The smallest absolute Gasteiger partial charge is 0.329 e. The van der Waals surface area contributed by atoms with Crippen molar-refractivity contribution in [1.82, 2.24) is 19.0 Å². The van der Waals surface area contributed by atoms with Gasteiger partial charge in [0.2, 0.25) is 5.88 Å². The third-order valence-corrected chi connectivity index (χ3v) is 7.27. The molecule has 1 aliphatic carbocycles. The summed E-state index contributed by atoms with van der Waals surface area (Å²) in [4.78, 5) is 24.1. The number of aliphatic hydroxyl groups is 1. The van der Waals surface area contributed by atoms with Crippen LogP contribution in [0.25, 0.3) is 27.5 Å². The van der Waals surface area contributed by atoms with Gasteiger partial charge in [0.15, 0.2) is 0 Å². The molecule has 0 spiro atoms. The van der Waals surface area contributed by atoms with Crippen molar-refractivity contribution in [3.63, 3.8) is 0 Å². The Bertz CT molecular complexity index is 1370. The molecule has 3 aromatic rings. The number of nitrogens with zero attached hydrogens (tertiary/aromatic N) is 5. The van der Waals surface area contributed by atoms with E-state index in [2.05, 4.69) is 27.7 Å². The molecule has 0 atom stereocenters. The highest BCUT2D eigenvalue weighted by Gasteiger charge is 2.32. The number of hydrogen-bond donors (Lipinski definition) is 1. The number of aromatic nitrogens is 3. The molecular weight excluding hydrogens is 442 g/mol. The Balaban J connectivity index is 1.42. The number of imidazole rings is 1. The van der Waals surface area contributed by atoms with Gasteiger partial charge in [0.25, 0.3) is 0 Å². The van der Waals surface area contributed by atoms with E-state index in [-0.39, 0.29) is 17.8 Å². The summed E-state index contributed by atoms with van der Waals surface area (Å²) in [5.74, 6) is 0.512. The lowest BCUT2D eigenvalue weighted by Gasteiger charge is -2.32. The maximum atomic E-state index is 13.0. The highest BCUT2D eigenvalue weighted by atomic mass is 16.5. The molecule has 0 radical (unpaired) electrons. The summed E-state index contributed by atoms with van der Waals surface area (Å²) in [6, 6.07) is 6.12. The summed E-state index contributed by atoms with van der Waals surface area (Å²) in [6.07, 6.45) is 8.72. The van der Waals surface area contributed by atoms with Crippen LogP contribution < -0.4 is 5.69 Å². The van der Waals surface area contributed by atoms with Gasteiger partial charge in [-0.15, -0.1) is 0 Å². The first-order valence-electron chi connectivity index (χ1n) is 12.3. The third kappa shape index (κ3) is 4.56. The number of rotatable bonds is 9. The lowest BCUT2D eigenvalue weighted by Crippen LogP contribution is -2.38. The summed E-state index contributed by atoms with van der Waals surface area (Å²) in [6.45, 7) is 9.75. The van der Waals surface area contributed by atoms with Crippen LogP contribution in [0, 0.1) is 0 Å². The SMILES string of the molecule is C=N/C(=C\C=C(/C)c1ccc2ncc3c(c2c1)n(C1CC(O)C1)c(=O)n3C)OCCCN1CCC1. The molecule has 1 N–H and O–H groups in total. The highest BCUT2D eigenvalue weighted by Crippen LogP contribution is 2.36.